The van der Waals surface area contributed by atoms with Crippen molar-refractivity contribution in [3.63, 3.8) is 0 Å². The Hall–Kier alpha value is -3.68. The second-order valence-electron chi connectivity index (χ2n) is 6.84. The second kappa shape index (κ2) is 8.77. The van der Waals surface area contributed by atoms with Gasteiger partial charge in [-0.2, -0.15) is 0 Å². The largest absolute Gasteiger partial charge is 0.462 e. The normalized spacial score (nSPS) is 14.4. The Morgan fingerprint density at radius 2 is 1.63 bits per heavy atom. The molecule has 0 N–H and O–H groups in total. The number of hydrogen-bond acceptors (Lipinski definition) is 6. The van der Waals surface area contributed by atoms with Crippen LogP contribution in [0.1, 0.15) is 35.9 Å². The number of ether oxygens (including phenoxy) is 1. The molecule has 3 rings (SSSR count). The van der Waals surface area contributed by atoms with E-state index in [0.717, 1.165) is 28.2 Å². The summed E-state index contributed by atoms with van der Waals surface area (Å²) in [6.45, 7) is 2.41. The van der Waals surface area contributed by atoms with Crippen LogP contribution < -0.4 is 0 Å². The second-order valence-corrected chi connectivity index (χ2v) is 6.84. The van der Waals surface area contributed by atoms with Crippen molar-refractivity contribution in [2.24, 2.45) is 0 Å². The molecule has 0 radical (unpaired) electrons. The summed E-state index contributed by atoms with van der Waals surface area (Å²) < 4.78 is 10.9. The first-order valence-corrected chi connectivity index (χ1v) is 9.52. The molecule has 8 nitrogen and oxygen atoms in total. The third-order valence-corrected chi connectivity index (χ3v) is 4.69. The van der Waals surface area contributed by atoms with Gasteiger partial charge in [0.05, 0.1) is 12.2 Å². The minimum absolute atomic E-state index is 0.161. The molecule has 1 aliphatic rings. The zero-order chi connectivity index (χ0) is 21.8. The van der Waals surface area contributed by atoms with Crippen LogP contribution >= 0.6 is 0 Å². The van der Waals surface area contributed by atoms with E-state index in [1.165, 1.54) is 20.2 Å². The predicted octanol–water partition coefficient (Wildman–Crippen LogP) is 3.34. The fourth-order valence-corrected chi connectivity index (χ4v) is 2.87. The van der Waals surface area contributed by atoms with Crippen molar-refractivity contribution in [3.8, 4) is 11.3 Å². The maximum atomic E-state index is 12.3. The lowest BCUT2D eigenvalue weighted by molar-refractivity contribution is -0.134. The van der Waals surface area contributed by atoms with E-state index in [2.05, 4.69) is 0 Å². The summed E-state index contributed by atoms with van der Waals surface area (Å²) >= 11 is 0. The third-order valence-electron chi connectivity index (χ3n) is 4.69. The lowest BCUT2D eigenvalue weighted by Gasteiger charge is -2.28. The van der Waals surface area contributed by atoms with Gasteiger partial charge in [0.2, 0.25) is 0 Å². The predicted molar refractivity (Wildman–Crippen MR) is 108 cm³/mol. The summed E-state index contributed by atoms with van der Waals surface area (Å²) in [4.78, 5) is 50.1. The molecule has 0 atom stereocenters. The van der Waals surface area contributed by atoms with Gasteiger partial charge in [0.15, 0.2) is 0 Å². The minimum Gasteiger partial charge on any atom is -0.462 e. The van der Waals surface area contributed by atoms with Gasteiger partial charge in [-0.1, -0.05) is 25.5 Å². The van der Waals surface area contributed by atoms with Crippen LogP contribution in [0.5, 0.6) is 0 Å². The van der Waals surface area contributed by atoms with Gasteiger partial charge in [-0.25, -0.2) is 9.59 Å². The van der Waals surface area contributed by atoms with Crippen molar-refractivity contribution in [3.05, 3.63) is 53.3 Å². The van der Waals surface area contributed by atoms with Crippen molar-refractivity contribution in [1.82, 2.24) is 9.80 Å². The molecule has 1 aliphatic heterocycles. The van der Waals surface area contributed by atoms with Crippen LogP contribution in [0, 0.1) is 0 Å². The number of urea groups is 1. The number of imide groups is 2. The molecule has 0 unspecified atom stereocenters. The van der Waals surface area contributed by atoms with Gasteiger partial charge >= 0.3 is 12.0 Å². The first kappa shape index (κ1) is 21.0. The number of furan rings is 1. The Balaban J connectivity index is 1.77. The maximum absolute atomic E-state index is 12.3. The average molecular weight is 410 g/mol. The molecule has 156 valence electrons. The summed E-state index contributed by atoms with van der Waals surface area (Å²) in [5.74, 6) is -0.960. The fourth-order valence-electron chi connectivity index (χ4n) is 2.87. The number of esters is 1. The number of likely N-dealkylation sites (N-methyl/N-ethyl adjacent to an activating group) is 2. The molecular formula is C22H22N2O6. The topological polar surface area (TPSA) is 97.1 Å². The van der Waals surface area contributed by atoms with Crippen LogP contribution in [0.2, 0.25) is 0 Å². The molecule has 1 aromatic heterocycles. The third kappa shape index (κ3) is 4.17. The fraction of sp³-hybridized carbons (Fsp3) is 0.273. The van der Waals surface area contributed by atoms with E-state index in [1.54, 1.807) is 36.4 Å². The van der Waals surface area contributed by atoms with E-state index >= 15 is 0 Å². The van der Waals surface area contributed by atoms with E-state index in [0.29, 0.717) is 23.7 Å². The van der Waals surface area contributed by atoms with Crippen molar-refractivity contribution in [2.45, 2.75) is 19.8 Å². The lowest BCUT2D eigenvalue weighted by Crippen LogP contribution is -2.52. The molecule has 2 heterocycles. The monoisotopic (exact) mass is 410 g/mol. The van der Waals surface area contributed by atoms with Crippen LogP contribution in [-0.4, -0.2) is 54.3 Å². The Morgan fingerprint density at radius 1 is 1.00 bits per heavy atom. The Morgan fingerprint density at radius 3 is 2.23 bits per heavy atom. The number of hydrogen-bond donors (Lipinski definition) is 0. The van der Waals surface area contributed by atoms with Crippen LogP contribution in [0.3, 0.4) is 0 Å². The molecule has 0 bridgehead atoms. The molecule has 0 saturated carbocycles. The Kier molecular flexibility index (Phi) is 6.15. The van der Waals surface area contributed by atoms with Crippen molar-refractivity contribution < 1.29 is 28.3 Å². The first-order valence-electron chi connectivity index (χ1n) is 9.52. The number of rotatable bonds is 6. The van der Waals surface area contributed by atoms with Crippen molar-refractivity contribution in [2.75, 3.05) is 20.7 Å². The van der Waals surface area contributed by atoms with E-state index in [-0.39, 0.29) is 11.5 Å². The van der Waals surface area contributed by atoms with Gasteiger partial charge in [0, 0.05) is 19.7 Å². The number of nitrogens with zero attached hydrogens (tertiary/aromatic N) is 2. The summed E-state index contributed by atoms with van der Waals surface area (Å²) in [7, 11) is 2.62. The highest BCUT2D eigenvalue weighted by atomic mass is 16.5. The van der Waals surface area contributed by atoms with Gasteiger partial charge < -0.3 is 9.15 Å². The maximum Gasteiger partial charge on any atom is 0.338 e. The quantitative estimate of drug-likeness (QED) is 0.314. The zero-order valence-electron chi connectivity index (χ0n) is 17.0. The van der Waals surface area contributed by atoms with E-state index in [4.69, 9.17) is 9.15 Å². The molecular weight excluding hydrogens is 388 g/mol. The number of carbonyl (C=O) groups excluding carboxylic acids is 4. The van der Waals surface area contributed by atoms with E-state index in [9.17, 15) is 19.2 Å². The van der Waals surface area contributed by atoms with Crippen molar-refractivity contribution in [1.29, 1.82) is 0 Å². The molecule has 30 heavy (non-hydrogen) atoms. The highest BCUT2D eigenvalue weighted by molar-refractivity contribution is 6.30. The Bertz CT molecular complexity index is 993. The molecule has 1 fully saturated rings. The lowest BCUT2D eigenvalue weighted by atomic mass is 10.1. The SMILES string of the molecule is CCCCOC(=O)c1ccc(-c2ccc(C=C3C(=O)N(C)C(=O)N(C)C3=O)o2)cc1. The number of carbonyl (C=O) groups is 4. The molecule has 4 amide bonds. The summed E-state index contributed by atoms with van der Waals surface area (Å²) in [6.07, 6.45) is 3.08. The number of amides is 4. The van der Waals surface area contributed by atoms with Gasteiger partial charge in [0.25, 0.3) is 11.8 Å². The van der Waals surface area contributed by atoms with E-state index < -0.39 is 17.8 Å². The number of barbiturate groups is 1. The highest BCUT2D eigenvalue weighted by Gasteiger charge is 2.38. The van der Waals surface area contributed by atoms with Gasteiger partial charge in [-0.15, -0.1) is 0 Å². The van der Waals surface area contributed by atoms with Crippen molar-refractivity contribution >= 4 is 29.9 Å². The van der Waals surface area contributed by atoms with E-state index in [1.807, 2.05) is 6.92 Å². The summed E-state index contributed by atoms with van der Waals surface area (Å²) in [6, 6.07) is 9.37. The van der Waals surface area contributed by atoms with Gasteiger partial charge in [-0.3, -0.25) is 19.4 Å². The summed E-state index contributed by atoms with van der Waals surface area (Å²) in [5, 5.41) is 0. The molecule has 2 aromatic rings. The van der Waals surface area contributed by atoms with Crippen LogP contribution in [-0.2, 0) is 14.3 Å². The first-order chi connectivity index (χ1) is 14.3. The highest BCUT2D eigenvalue weighted by Crippen LogP contribution is 2.25. The molecule has 8 heteroatoms. The smallest absolute Gasteiger partial charge is 0.338 e. The molecule has 0 spiro atoms. The standard InChI is InChI=1S/C22H22N2O6/c1-4-5-12-29-21(27)15-8-6-14(7-9-15)18-11-10-16(30-18)13-17-19(25)23(2)22(28)24(3)20(17)26/h6-11,13H,4-5,12H2,1-3H3. The Labute approximate surface area is 173 Å². The van der Waals surface area contributed by atoms with Gasteiger partial charge in [-0.05, 0) is 36.8 Å². The molecule has 1 aromatic carbocycles. The number of benzene rings is 1. The van der Waals surface area contributed by atoms with Crippen LogP contribution in [0.15, 0.2) is 46.4 Å². The van der Waals surface area contributed by atoms with Gasteiger partial charge in [0.1, 0.15) is 17.1 Å². The molecule has 0 aliphatic carbocycles. The number of unbranched alkanes of at least 4 members (excludes halogenated alkanes) is 1. The van der Waals surface area contributed by atoms with Crippen LogP contribution in [0.25, 0.3) is 17.4 Å². The summed E-state index contributed by atoms with van der Waals surface area (Å²) in [5.41, 5.74) is 0.999. The average Bonchev–Trinajstić information content (AvgIpc) is 3.23. The zero-order valence-corrected chi connectivity index (χ0v) is 17.0. The minimum atomic E-state index is -0.688. The van der Waals surface area contributed by atoms with Crippen LogP contribution in [0.4, 0.5) is 4.79 Å². The molecule has 1 saturated heterocycles.